The maximum absolute atomic E-state index is 8.45. The van der Waals surface area contributed by atoms with Crippen LogP contribution in [0.3, 0.4) is 0 Å². The van der Waals surface area contributed by atoms with E-state index in [1.807, 2.05) is 23.9 Å². The van der Waals surface area contributed by atoms with E-state index in [1.54, 1.807) is 6.20 Å². The molecule has 0 saturated carbocycles. The third-order valence-corrected chi connectivity index (χ3v) is 2.23. The maximum Gasteiger partial charge on any atom is 0.140 e. The highest BCUT2D eigenvalue weighted by molar-refractivity contribution is 5.80. The minimum absolute atomic E-state index is 0.168. The van der Waals surface area contributed by atoms with E-state index < -0.39 is 0 Å². The van der Waals surface area contributed by atoms with Gasteiger partial charge in [-0.1, -0.05) is 5.16 Å². The first kappa shape index (κ1) is 12.5. The lowest BCUT2D eigenvalue weighted by Crippen LogP contribution is -2.39. The Hall–Kier alpha value is -1.56. The van der Waals surface area contributed by atoms with E-state index in [0.29, 0.717) is 6.42 Å². The fourth-order valence-electron chi connectivity index (χ4n) is 1.64. The van der Waals surface area contributed by atoms with Crippen molar-refractivity contribution in [2.45, 2.75) is 38.9 Å². The van der Waals surface area contributed by atoms with Crippen molar-refractivity contribution < 1.29 is 5.21 Å². The number of oxime groups is 1. The zero-order chi connectivity index (χ0) is 12.0. The number of nitrogens with two attached hydrogens (primary N) is 1. The second-order valence-electron chi connectivity index (χ2n) is 3.99. The molecule has 0 aliphatic rings. The minimum atomic E-state index is 0.168. The molecule has 0 aromatic carbocycles. The number of amidine groups is 1. The largest absolute Gasteiger partial charge is 0.409 e. The summed E-state index contributed by atoms with van der Waals surface area (Å²) >= 11 is 0. The van der Waals surface area contributed by atoms with Gasteiger partial charge in [-0.3, -0.25) is 4.68 Å². The number of rotatable bonds is 6. The summed E-state index contributed by atoms with van der Waals surface area (Å²) in [6.45, 7) is 4.87. The molecule has 2 atom stereocenters. The minimum Gasteiger partial charge on any atom is -0.409 e. The Morgan fingerprint density at radius 2 is 2.31 bits per heavy atom. The summed E-state index contributed by atoms with van der Waals surface area (Å²) in [5, 5.41) is 18.9. The third-order valence-electron chi connectivity index (χ3n) is 2.23. The van der Waals surface area contributed by atoms with Gasteiger partial charge in [-0.15, -0.1) is 0 Å². The first-order chi connectivity index (χ1) is 7.61. The Kier molecular flexibility index (Phi) is 4.78. The van der Waals surface area contributed by atoms with Gasteiger partial charge in [-0.2, -0.15) is 5.10 Å². The van der Waals surface area contributed by atoms with E-state index in [-0.39, 0.29) is 17.9 Å². The average Bonchev–Trinajstić information content (AvgIpc) is 2.69. The molecule has 16 heavy (non-hydrogen) atoms. The lowest BCUT2D eigenvalue weighted by Gasteiger charge is -2.19. The van der Waals surface area contributed by atoms with Crippen LogP contribution in [0.5, 0.6) is 0 Å². The Labute approximate surface area is 95.1 Å². The van der Waals surface area contributed by atoms with Crippen LogP contribution in [0.25, 0.3) is 0 Å². The van der Waals surface area contributed by atoms with E-state index in [0.717, 1.165) is 6.54 Å². The van der Waals surface area contributed by atoms with Crippen LogP contribution < -0.4 is 11.1 Å². The van der Waals surface area contributed by atoms with Gasteiger partial charge in [0.05, 0.1) is 6.54 Å². The van der Waals surface area contributed by atoms with Gasteiger partial charge in [-0.25, -0.2) is 0 Å². The fourth-order valence-corrected chi connectivity index (χ4v) is 1.64. The van der Waals surface area contributed by atoms with E-state index in [4.69, 9.17) is 10.9 Å². The molecule has 0 saturated heterocycles. The number of hydrogen-bond acceptors (Lipinski definition) is 4. The molecule has 90 valence electrons. The van der Waals surface area contributed by atoms with Gasteiger partial charge < -0.3 is 16.3 Å². The molecule has 0 bridgehead atoms. The standard InChI is InChI=1S/C10H19N5O/c1-8(6-10(11)14-16)13-9(2)7-15-5-3-4-12-15/h3-5,8-9,13,16H,6-7H2,1-2H3,(H2,11,14). The van der Waals surface area contributed by atoms with Crippen LogP contribution >= 0.6 is 0 Å². The van der Waals surface area contributed by atoms with Crippen molar-refractivity contribution in [3.63, 3.8) is 0 Å². The molecule has 4 N–H and O–H groups in total. The Bertz CT molecular complexity index is 322. The molecule has 0 spiro atoms. The number of hydrogen-bond donors (Lipinski definition) is 3. The topological polar surface area (TPSA) is 88.5 Å². The first-order valence-electron chi connectivity index (χ1n) is 5.31. The fraction of sp³-hybridized carbons (Fsp3) is 0.600. The van der Waals surface area contributed by atoms with Gasteiger partial charge in [0.1, 0.15) is 5.84 Å². The molecule has 2 unspecified atom stereocenters. The van der Waals surface area contributed by atoms with Crippen molar-refractivity contribution in [1.82, 2.24) is 15.1 Å². The maximum atomic E-state index is 8.45. The predicted octanol–water partition coefficient (Wildman–Crippen LogP) is 0.386. The van der Waals surface area contributed by atoms with Gasteiger partial charge in [0.2, 0.25) is 0 Å². The van der Waals surface area contributed by atoms with Crippen molar-refractivity contribution >= 4 is 5.84 Å². The summed E-state index contributed by atoms with van der Waals surface area (Å²) < 4.78 is 1.87. The quantitative estimate of drug-likeness (QED) is 0.283. The molecule has 0 aliphatic heterocycles. The summed E-state index contributed by atoms with van der Waals surface area (Å²) in [5.74, 6) is 0.242. The van der Waals surface area contributed by atoms with E-state index >= 15 is 0 Å². The molecule has 1 heterocycles. The molecule has 0 amide bonds. The lowest BCUT2D eigenvalue weighted by molar-refractivity contribution is 0.315. The molecule has 6 nitrogen and oxygen atoms in total. The number of aromatic nitrogens is 2. The van der Waals surface area contributed by atoms with Crippen molar-refractivity contribution in [2.75, 3.05) is 0 Å². The SMILES string of the molecule is CC(CC(N)=NO)NC(C)Cn1cccn1. The molecule has 0 aliphatic carbocycles. The van der Waals surface area contributed by atoms with Gasteiger partial charge in [0.25, 0.3) is 0 Å². The van der Waals surface area contributed by atoms with E-state index in [1.165, 1.54) is 0 Å². The van der Waals surface area contributed by atoms with Crippen LogP contribution in [0, 0.1) is 0 Å². The summed E-state index contributed by atoms with van der Waals surface area (Å²) in [6.07, 6.45) is 4.21. The van der Waals surface area contributed by atoms with Crippen molar-refractivity contribution in [3.8, 4) is 0 Å². The second-order valence-corrected chi connectivity index (χ2v) is 3.99. The zero-order valence-electron chi connectivity index (χ0n) is 9.67. The Morgan fingerprint density at radius 1 is 1.56 bits per heavy atom. The Morgan fingerprint density at radius 3 is 2.88 bits per heavy atom. The number of nitrogens with zero attached hydrogens (tertiary/aromatic N) is 3. The molecular formula is C10H19N5O. The number of nitrogens with one attached hydrogen (secondary N) is 1. The van der Waals surface area contributed by atoms with Crippen LogP contribution in [-0.4, -0.2) is 32.9 Å². The molecule has 0 radical (unpaired) electrons. The van der Waals surface area contributed by atoms with Crippen LogP contribution in [0.2, 0.25) is 0 Å². The van der Waals surface area contributed by atoms with E-state index in [2.05, 4.69) is 22.5 Å². The summed E-state index contributed by atoms with van der Waals surface area (Å²) in [5.41, 5.74) is 5.43. The van der Waals surface area contributed by atoms with Crippen molar-refractivity contribution in [3.05, 3.63) is 18.5 Å². The van der Waals surface area contributed by atoms with Crippen LogP contribution in [-0.2, 0) is 6.54 Å². The third kappa shape index (κ3) is 4.31. The van der Waals surface area contributed by atoms with Crippen LogP contribution in [0.15, 0.2) is 23.6 Å². The molecule has 0 fully saturated rings. The Balaban J connectivity index is 2.31. The highest BCUT2D eigenvalue weighted by Crippen LogP contribution is 1.96. The normalized spacial score (nSPS) is 16.0. The van der Waals surface area contributed by atoms with Gasteiger partial charge in [-0.05, 0) is 19.9 Å². The van der Waals surface area contributed by atoms with Gasteiger partial charge in [0, 0.05) is 30.9 Å². The summed E-state index contributed by atoms with van der Waals surface area (Å²) in [4.78, 5) is 0. The van der Waals surface area contributed by atoms with Gasteiger partial charge in [0.15, 0.2) is 0 Å². The van der Waals surface area contributed by atoms with E-state index in [9.17, 15) is 0 Å². The highest BCUT2D eigenvalue weighted by Gasteiger charge is 2.09. The predicted molar refractivity (Wildman–Crippen MR) is 62.3 cm³/mol. The first-order valence-corrected chi connectivity index (χ1v) is 5.31. The monoisotopic (exact) mass is 225 g/mol. The molecule has 6 heteroatoms. The molecular weight excluding hydrogens is 206 g/mol. The lowest BCUT2D eigenvalue weighted by atomic mass is 10.2. The molecule has 1 aromatic rings. The second kappa shape index (κ2) is 6.12. The molecule has 1 rings (SSSR count). The van der Waals surface area contributed by atoms with Crippen molar-refractivity contribution in [1.29, 1.82) is 0 Å². The van der Waals surface area contributed by atoms with Crippen LogP contribution in [0.4, 0.5) is 0 Å². The highest BCUT2D eigenvalue weighted by atomic mass is 16.4. The smallest absolute Gasteiger partial charge is 0.140 e. The van der Waals surface area contributed by atoms with Gasteiger partial charge >= 0.3 is 0 Å². The van der Waals surface area contributed by atoms with Crippen LogP contribution in [0.1, 0.15) is 20.3 Å². The van der Waals surface area contributed by atoms with Crippen molar-refractivity contribution in [2.24, 2.45) is 10.9 Å². The zero-order valence-corrected chi connectivity index (χ0v) is 9.67. The summed E-state index contributed by atoms with van der Waals surface area (Å²) in [6, 6.07) is 2.34. The molecule has 1 aromatic heterocycles. The average molecular weight is 225 g/mol. The summed E-state index contributed by atoms with van der Waals surface area (Å²) in [7, 11) is 0.